The predicted octanol–water partition coefficient (Wildman–Crippen LogP) is 4.01. The number of aryl methyl sites for hydroxylation is 1. The lowest BCUT2D eigenvalue weighted by Gasteiger charge is -2.20. The molecule has 3 aromatic rings. The lowest BCUT2D eigenvalue weighted by molar-refractivity contribution is 0.0953. The van der Waals surface area contributed by atoms with Gasteiger partial charge in [0.2, 0.25) is 0 Å². The summed E-state index contributed by atoms with van der Waals surface area (Å²) in [5, 5.41) is 1.90. The minimum Gasteiger partial charge on any atom is -0.378 e. The van der Waals surface area contributed by atoms with Crippen molar-refractivity contribution in [3.05, 3.63) is 95.6 Å². The van der Waals surface area contributed by atoms with Gasteiger partial charge in [-0.25, -0.2) is 8.42 Å². The first-order valence-corrected chi connectivity index (χ1v) is 11.2. The number of benzene rings is 3. The van der Waals surface area contributed by atoms with Crippen molar-refractivity contribution in [3.8, 4) is 0 Å². The summed E-state index contributed by atoms with van der Waals surface area (Å²) in [4.78, 5) is 14.8. The van der Waals surface area contributed by atoms with Gasteiger partial charge in [-0.3, -0.25) is 4.79 Å². The molecule has 0 aliphatic heterocycles. The quantitative estimate of drug-likeness (QED) is 0.625. The summed E-state index contributed by atoms with van der Waals surface area (Å²) in [5.41, 5.74) is 3.16. The van der Waals surface area contributed by atoms with Gasteiger partial charge in [0.15, 0.2) is 9.84 Å². The molecule has 156 valence electrons. The molecule has 1 amide bonds. The van der Waals surface area contributed by atoms with Gasteiger partial charge in [-0.15, -0.1) is 0 Å². The van der Waals surface area contributed by atoms with Gasteiger partial charge in [0, 0.05) is 31.9 Å². The monoisotopic (exact) mass is 422 g/mol. The average molecular weight is 423 g/mol. The number of amides is 1. The normalized spacial score (nSPS) is 12.2. The summed E-state index contributed by atoms with van der Waals surface area (Å²) in [6.45, 7) is 1.92. The van der Waals surface area contributed by atoms with Gasteiger partial charge in [0.1, 0.15) is 5.25 Å². The van der Waals surface area contributed by atoms with Gasteiger partial charge < -0.3 is 10.2 Å². The third-order valence-electron chi connectivity index (χ3n) is 4.99. The van der Waals surface area contributed by atoms with Crippen LogP contribution in [0.1, 0.15) is 26.7 Å². The molecule has 0 bridgehead atoms. The van der Waals surface area contributed by atoms with Crippen molar-refractivity contribution in [2.24, 2.45) is 0 Å². The first kappa shape index (κ1) is 21.6. The lowest BCUT2D eigenvalue weighted by atomic mass is 10.1. The van der Waals surface area contributed by atoms with Crippen molar-refractivity contribution in [1.29, 1.82) is 0 Å². The first-order valence-electron chi connectivity index (χ1n) is 9.70. The maximum Gasteiger partial charge on any atom is 0.251 e. The Hall–Kier alpha value is -3.12. The Morgan fingerprint density at radius 3 is 2.07 bits per heavy atom. The van der Waals surface area contributed by atoms with Gasteiger partial charge in [-0.2, -0.15) is 0 Å². The first-order chi connectivity index (χ1) is 14.3. The van der Waals surface area contributed by atoms with Crippen LogP contribution in [0.3, 0.4) is 0 Å². The number of hydrogen-bond acceptors (Lipinski definition) is 4. The highest BCUT2D eigenvalue weighted by Gasteiger charge is 2.29. The van der Waals surface area contributed by atoms with Crippen LogP contribution in [0.2, 0.25) is 0 Å². The van der Waals surface area contributed by atoms with E-state index in [-0.39, 0.29) is 17.3 Å². The molecule has 0 aromatic heterocycles. The Kier molecular flexibility index (Phi) is 6.57. The van der Waals surface area contributed by atoms with Gasteiger partial charge in [0.25, 0.3) is 5.91 Å². The second-order valence-electron chi connectivity index (χ2n) is 7.41. The van der Waals surface area contributed by atoms with Crippen LogP contribution >= 0.6 is 0 Å². The third-order valence-corrected chi connectivity index (χ3v) is 7.11. The second-order valence-corrected chi connectivity index (χ2v) is 9.54. The molecule has 0 spiro atoms. The summed E-state index contributed by atoms with van der Waals surface area (Å²) < 4.78 is 26.8. The van der Waals surface area contributed by atoms with Crippen LogP contribution in [0.25, 0.3) is 0 Å². The van der Waals surface area contributed by atoms with E-state index in [0.29, 0.717) is 11.1 Å². The maximum atomic E-state index is 13.4. The highest BCUT2D eigenvalue weighted by atomic mass is 32.2. The Morgan fingerprint density at radius 2 is 1.50 bits per heavy atom. The molecule has 1 atom stereocenters. The van der Waals surface area contributed by atoms with Crippen LogP contribution in [0.15, 0.2) is 83.8 Å². The van der Waals surface area contributed by atoms with Gasteiger partial charge in [-0.05, 0) is 48.9 Å². The molecule has 0 fully saturated rings. The van der Waals surface area contributed by atoms with E-state index in [1.54, 1.807) is 54.6 Å². The van der Waals surface area contributed by atoms with Crippen molar-refractivity contribution in [2.45, 2.75) is 17.1 Å². The van der Waals surface area contributed by atoms with Crippen LogP contribution in [0.4, 0.5) is 5.69 Å². The van der Waals surface area contributed by atoms with E-state index in [9.17, 15) is 13.2 Å². The molecule has 6 heteroatoms. The van der Waals surface area contributed by atoms with Gasteiger partial charge in [-0.1, -0.05) is 48.0 Å². The smallest absolute Gasteiger partial charge is 0.251 e. The molecule has 0 heterocycles. The molecule has 0 saturated carbocycles. The molecule has 5 nitrogen and oxygen atoms in total. The van der Waals surface area contributed by atoms with E-state index in [4.69, 9.17) is 0 Å². The van der Waals surface area contributed by atoms with Crippen molar-refractivity contribution in [2.75, 3.05) is 25.5 Å². The van der Waals surface area contributed by atoms with Gasteiger partial charge >= 0.3 is 0 Å². The predicted molar refractivity (Wildman–Crippen MR) is 121 cm³/mol. The largest absolute Gasteiger partial charge is 0.378 e. The molecular weight excluding hydrogens is 396 g/mol. The number of carbonyl (C=O) groups is 1. The summed E-state index contributed by atoms with van der Waals surface area (Å²) >= 11 is 0. The van der Waals surface area contributed by atoms with E-state index in [1.165, 1.54) is 0 Å². The van der Waals surface area contributed by atoms with Crippen molar-refractivity contribution in [3.63, 3.8) is 0 Å². The summed E-state index contributed by atoms with van der Waals surface area (Å²) in [6.07, 6.45) is 0. The molecule has 30 heavy (non-hydrogen) atoms. The Bertz CT molecular complexity index is 1090. The van der Waals surface area contributed by atoms with Crippen LogP contribution in [-0.2, 0) is 9.84 Å². The molecule has 3 rings (SSSR count). The van der Waals surface area contributed by atoms with E-state index < -0.39 is 15.1 Å². The maximum absolute atomic E-state index is 13.4. The number of rotatable bonds is 7. The zero-order valence-electron chi connectivity index (χ0n) is 17.4. The van der Waals surface area contributed by atoms with Crippen LogP contribution < -0.4 is 10.2 Å². The molecule has 0 aliphatic carbocycles. The van der Waals surface area contributed by atoms with Crippen molar-refractivity contribution >= 4 is 21.4 Å². The second kappa shape index (κ2) is 9.13. The van der Waals surface area contributed by atoms with Crippen LogP contribution in [0.5, 0.6) is 0 Å². The summed E-state index contributed by atoms with van der Waals surface area (Å²) in [6, 6.07) is 22.9. The Labute approximate surface area is 178 Å². The van der Waals surface area contributed by atoms with E-state index in [2.05, 4.69) is 5.32 Å². The molecule has 0 radical (unpaired) electrons. The minimum absolute atomic E-state index is 0.0226. The zero-order valence-corrected chi connectivity index (χ0v) is 18.2. The number of hydrogen-bond donors (Lipinski definition) is 1. The molecule has 3 aromatic carbocycles. The van der Waals surface area contributed by atoms with Crippen molar-refractivity contribution in [1.82, 2.24) is 5.32 Å². The number of carbonyl (C=O) groups excluding carboxylic acids is 1. The molecule has 0 unspecified atom stereocenters. The van der Waals surface area contributed by atoms with E-state index >= 15 is 0 Å². The number of anilines is 1. The zero-order chi connectivity index (χ0) is 21.7. The van der Waals surface area contributed by atoms with E-state index in [1.807, 2.05) is 50.2 Å². The fourth-order valence-electron chi connectivity index (χ4n) is 3.16. The Balaban J connectivity index is 1.91. The average Bonchev–Trinajstić information content (AvgIpc) is 2.75. The molecule has 1 N–H and O–H groups in total. The SMILES string of the molecule is Cc1ccc(C(=O)NC[C@@H](c2ccc(N(C)C)cc2)S(=O)(=O)c2ccccc2)cc1. The number of nitrogens with one attached hydrogen (secondary N) is 1. The summed E-state index contributed by atoms with van der Waals surface area (Å²) in [5.74, 6) is -0.298. The van der Waals surface area contributed by atoms with Crippen molar-refractivity contribution < 1.29 is 13.2 Å². The summed E-state index contributed by atoms with van der Waals surface area (Å²) in [7, 11) is 0.151. The highest BCUT2D eigenvalue weighted by Crippen LogP contribution is 2.29. The molecule has 0 aliphatic rings. The fraction of sp³-hybridized carbons (Fsp3) is 0.208. The van der Waals surface area contributed by atoms with Crippen LogP contribution in [-0.4, -0.2) is 35.0 Å². The fourth-order valence-corrected chi connectivity index (χ4v) is 4.84. The standard InChI is InChI=1S/C24H26N2O3S/c1-18-9-11-20(12-10-18)24(27)25-17-23(19-13-15-21(16-14-19)26(2)3)30(28,29)22-7-5-4-6-8-22/h4-16,23H,17H2,1-3H3,(H,25,27)/t23-/m0/s1. The highest BCUT2D eigenvalue weighted by molar-refractivity contribution is 7.91. The third kappa shape index (κ3) is 4.89. The van der Waals surface area contributed by atoms with E-state index in [0.717, 1.165) is 11.3 Å². The number of sulfone groups is 1. The lowest BCUT2D eigenvalue weighted by Crippen LogP contribution is -2.32. The minimum atomic E-state index is -3.70. The Morgan fingerprint density at radius 1 is 0.900 bits per heavy atom. The number of nitrogens with zero attached hydrogens (tertiary/aromatic N) is 1. The van der Waals surface area contributed by atoms with Gasteiger partial charge in [0.05, 0.1) is 4.90 Å². The topological polar surface area (TPSA) is 66.5 Å². The molecular formula is C24H26N2O3S. The van der Waals surface area contributed by atoms with Crippen LogP contribution in [0, 0.1) is 6.92 Å². The molecule has 0 saturated heterocycles.